The van der Waals surface area contributed by atoms with Gasteiger partial charge in [0.2, 0.25) is 11.7 Å². The second-order valence-electron chi connectivity index (χ2n) is 4.71. The Labute approximate surface area is 126 Å². The Morgan fingerprint density at radius 1 is 1.43 bits per heavy atom. The number of methoxy groups -OCH3 is 1. The van der Waals surface area contributed by atoms with Crippen molar-refractivity contribution in [2.45, 2.75) is 26.8 Å². The zero-order valence-corrected chi connectivity index (χ0v) is 13.2. The van der Waals surface area contributed by atoms with E-state index in [0.29, 0.717) is 5.88 Å². The average molecular weight is 307 g/mol. The maximum atomic E-state index is 11.1. The molecular weight excluding hydrogens is 290 g/mol. The summed E-state index contributed by atoms with van der Waals surface area (Å²) < 4.78 is 5.03. The number of hydrogen-bond acceptors (Lipinski definition) is 6. The maximum Gasteiger partial charge on any atom is 0.311 e. The molecule has 0 saturated heterocycles. The minimum absolute atomic E-state index is 0.0627. The smallest absolute Gasteiger partial charge is 0.311 e. The minimum atomic E-state index is -0.451. The molecule has 2 rings (SSSR count). The fourth-order valence-corrected chi connectivity index (χ4v) is 3.19. The quantitative estimate of drug-likeness (QED) is 0.670. The number of pyridine rings is 1. The molecule has 0 bridgehead atoms. The standard InChI is InChI=1S/C14H17N3O3S/c1-8-7-11(10(3)21-8)9(2)15-14-12(17(18)19)5-6-13(16-14)20-4/h5-7,9H,1-4H3,(H,15,16). The Morgan fingerprint density at radius 3 is 2.67 bits per heavy atom. The van der Waals surface area contributed by atoms with E-state index in [0.717, 1.165) is 5.56 Å². The third-order valence-corrected chi connectivity index (χ3v) is 4.14. The molecule has 2 aromatic heterocycles. The predicted molar refractivity (Wildman–Crippen MR) is 83.3 cm³/mol. The third-order valence-electron chi connectivity index (χ3n) is 3.15. The number of ether oxygens (including phenoxy) is 1. The van der Waals surface area contributed by atoms with Crippen LogP contribution in [0.3, 0.4) is 0 Å². The van der Waals surface area contributed by atoms with Gasteiger partial charge in [0.05, 0.1) is 18.1 Å². The molecule has 0 spiro atoms. The van der Waals surface area contributed by atoms with Crippen LogP contribution in [0.25, 0.3) is 0 Å². The molecule has 112 valence electrons. The van der Waals surface area contributed by atoms with Crippen LogP contribution < -0.4 is 10.1 Å². The first kappa shape index (κ1) is 15.2. The first-order chi connectivity index (χ1) is 9.92. The molecule has 0 aliphatic heterocycles. The van der Waals surface area contributed by atoms with Crippen molar-refractivity contribution in [3.05, 3.63) is 43.6 Å². The van der Waals surface area contributed by atoms with Crippen LogP contribution in [-0.4, -0.2) is 17.0 Å². The van der Waals surface area contributed by atoms with Gasteiger partial charge in [0, 0.05) is 21.9 Å². The van der Waals surface area contributed by atoms with Crippen molar-refractivity contribution in [1.82, 2.24) is 4.98 Å². The monoisotopic (exact) mass is 307 g/mol. The van der Waals surface area contributed by atoms with Crippen molar-refractivity contribution in [2.75, 3.05) is 12.4 Å². The number of thiophene rings is 1. The van der Waals surface area contributed by atoms with Crippen LogP contribution in [0, 0.1) is 24.0 Å². The van der Waals surface area contributed by atoms with E-state index in [1.807, 2.05) is 20.8 Å². The van der Waals surface area contributed by atoms with Crippen LogP contribution in [0.2, 0.25) is 0 Å². The van der Waals surface area contributed by atoms with Crippen molar-refractivity contribution >= 4 is 22.8 Å². The van der Waals surface area contributed by atoms with E-state index in [1.54, 1.807) is 11.3 Å². The third kappa shape index (κ3) is 3.30. The SMILES string of the molecule is COc1ccc([N+](=O)[O-])c(NC(C)c2cc(C)sc2C)n1. The van der Waals surface area contributed by atoms with Gasteiger partial charge in [-0.2, -0.15) is 4.98 Å². The summed E-state index contributed by atoms with van der Waals surface area (Å²) in [6.07, 6.45) is 0. The second-order valence-corrected chi connectivity index (χ2v) is 6.17. The summed E-state index contributed by atoms with van der Waals surface area (Å²) in [7, 11) is 1.48. The largest absolute Gasteiger partial charge is 0.481 e. The lowest BCUT2D eigenvalue weighted by Crippen LogP contribution is -2.10. The topological polar surface area (TPSA) is 77.3 Å². The highest BCUT2D eigenvalue weighted by atomic mass is 32.1. The number of rotatable bonds is 5. The normalized spacial score (nSPS) is 12.0. The van der Waals surface area contributed by atoms with Gasteiger partial charge in [-0.05, 0) is 32.4 Å². The highest BCUT2D eigenvalue weighted by molar-refractivity contribution is 7.12. The number of aromatic nitrogens is 1. The molecule has 0 fully saturated rings. The van der Waals surface area contributed by atoms with Crippen molar-refractivity contribution < 1.29 is 9.66 Å². The molecule has 0 aromatic carbocycles. The first-order valence-electron chi connectivity index (χ1n) is 6.45. The van der Waals surface area contributed by atoms with Crippen LogP contribution in [-0.2, 0) is 0 Å². The van der Waals surface area contributed by atoms with E-state index >= 15 is 0 Å². The molecule has 2 aromatic rings. The van der Waals surface area contributed by atoms with E-state index in [-0.39, 0.29) is 17.5 Å². The van der Waals surface area contributed by atoms with Crippen LogP contribution in [0.5, 0.6) is 5.88 Å². The number of aryl methyl sites for hydroxylation is 2. The van der Waals surface area contributed by atoms with E-state index < -0.39 is 4.92 Å². The van der Waals surface area contributed by atoms with Crippen LogP contribution in [0.4, 0.5) is 11.5 Å². The van der Waals surface area contributed by atoms with Crippen LogP contribution >= 0.6 is 11.3 Å². The molecule has 0 radical (unpaired) electrons. The average Bonchev–Trinajstić information content (AvgIpc) is 2.77. The molecule has 0 amide bonds. The summed E-state index contributed by atoms with van der Waals surface area (Å²) >= 11 is 1.71. The van der Waals surface area contributed by atoms with Crippen LogP contribution in [0.1, 0.15) is 28.3 Å². The van der Waals surface area contributed by atoms with E-state index in [4.69, 9.17) is 4.74 Å². The molecule has 2 heterocycles. The summed E-state index contributed by atoms with van der Waals surface area (Å²) in [5.74, 6) is 0.559. The van der Waals surface area contributed by atoms with Crippen molar-refractivity contribution in [3.8, 4) is 5.88 Å². The second kappa shape index (κ2) is 6.09. The Hall–Kier alpha value is -2.15. The van der Waals surface area contributed by atoms with Crippen LogP contribution in [0.15, 0.2) is 18.2 Å². The lowest BCUT2D eigenvalue weighted by molar-refractivity contribution is -0.384. The maximum absolute atomic E-state index is 11.1. The number of nitro groups is 1. The Kier molecular flexibility index (Phi) is 4.42. The van der Waals surface area contributed by atoms with Gasteiger partial charge in [-0.25, -0.2) is 0 Å². The van der Waals surface area contributed by atoms with Crippen molar-refractivity contribution in [3.63, 3.8) is 0 Å². The molecular formula is C14H17N3O3S. The fraction of sp³-hybridized carbons (Fsp3) is 0.357. The summed E-state index contributed by atoms with van der Waals surface area (Å²) in [5.41, 5.74) is 1.06. The lowest BCUT2D eigenvalue weighted by atomic mass is 10.1. The summed E-state index contributed by atoms with van der Waals surface area (Å²) in [5, 5.41) is 14.2. The number of nitrogens with one attached hydrogen (secondary N) is 1. The summed E-state index contributed by atoms with van der Waals surface area (Å²) in [6, 6.07) is 4.89. The Balaban J connectivity index is 2.33. The summed E-state index contributed by atoms with van der Waals surface area (Å²) in [4.78, 5) is 17.2. The van der Waals surface area contributed by atoms with Gasteiger partial charge in [-0.1, -0.05) is 0 Å². The number of hydrogen-bond donors (Lipinski definition) is 1. The highest BCUT2D eigenvalue weighted by Crippen LogP contribution is 2.32. The van der Waals surface area contributed by atoms with Gasteiger partial charge >= 0.3 is 5.69 Å². The molecule has 0 aliphatic rings. The predicted octanol–water partition coefficient (Wildman–Crippen LogP) is 3.85. The first-order valence-corrected chi connectivity index (χ1v) is 7.27. The zero-order valence-electron chi connectivity index (χ0n) is 12.3. The van der Waals surface area contributed by atoms with Gasteiger partial charge in [0.1, 0.15) is 0 Å². The molecule has 7 heteroatoms. The van der Waals surface area contributed by atoms with E-state index in [9.17, 15) is 10.1 Å². The number of anilines is 1. The van der Waals surface area contributed by atoms with Crippen molar-refractivity contribution in [1.29, 1.82) is 0 Å². The lowest BCUT2D eigenvalue weighted by Gasteiger charge is -2.15. The molecule has 1 atom stereocenters. The molecule has 0 aliphatic carbocycles. The Bertz CT molecular complexity index is 669. The molecule has 1 unspecified atom stereocenters. The molecule has 6 nitrogen and oxygen atoms in total. The van der Waals surface area contributed by atoms with Gasteiger partial charge in [-0.15, -0.1) is 11.3 Å². The van der Waals surface area contributed by atoms with E-state index in [1.165, 1.54) is 29.0 Å². The van der Waals surface area contributed by atoms with Gasteiger partial charge in [0.15, 0.2) is 0 Å². The molecule has 1 N–H and O–H groups in total. The minimum Gasteiger partial charge on any atom is -0.481 e. The highest BCUT2D eigenvalue weighted by Gasteiger charge is 2.20. The molecule has 0 saturated carbocycles. The van der Waals surface area contributed by atoms with E-state index in [2.05, 4.69) is 16.4 Å². The molecule has 21 heavy (non-hydrogen) atoms. The fourth-order valence-electron chi connectivity index (χ4n) is 2.16. The zero-order chi connectivity index (χ0) is 15.6. The summed E-state index contributed by atoms with van der Waals surface area (Å²) in [6.45, 7) is 6.04. The van der Waals surface area contributed by atoms with Gasteiger partial charge in [0.25, 0.3) is 0 Å². The van der Waals surface area contributed by atoms with Gasteiger partial charge < -0.3 is 10.1 Å². The number of nitrogens with zero attached hydrogens (tertiary/aromatic N) is 2. The van der Waals surface area contributed by atoms with Gasteiger partial charge in [-0.3, -0.25) is 10.1 Å². The van der Waals surface area contributed by atoms with Crippen molar-refractivity contribution in [2.24, 2.45) is 0 Å². The Morgan fingerprint density at radius 2 is 2.14 bits per heavy atom.